The molecule has 0 aliphatic rings. The molecule has 3 aromatic rings. The Kier molecular flexibility index (Phi) is 4.95. The topological polar surface area (TPSA) is 78.9 Å². The molecule has 128 valence electrons. The van der Waals surface area contributed by atoms with E-state index in [0.717, 1.165) is 11.6 Å². The van der Waals surface area contributed by atoms with Gasteiger partial charge in [-0.2, -0.15) is 5.26 Å². The first-order valence-corrected chi connectivity index (χ1v) is 8.00. The molecule has 0 aliphatic carbocycles. The molecule has 3 rings (SSSR count). The lowest BCUT2D eigenvalue weighted by Crippen LogP contribution is -2.23. The number of rotatable bonds is 4. The number of hydrogen-bond acceptors (Lipinski definition) is 3. The van der Waals surface area contributed by atoms with E-state index in [1.54, 1.807) is 18.2 Å². The summed E-state index contributed by atoms with van der Waals surface area (Å²) >= 11 is 0. The molecule has 4 nitrogen and oxygen atoms in total. The van der Waals surface area contributed by atoms with Crippen molar-refractivity contribution in [3.05, 3.63) is 89.2 Å². The van der Waals surface area contributed by atoms with Gasteiger partial charge >= 0.3 is 0 Å². The number of anilines is 1. The van der Waals surface area contributed by atoms with E-state index < -0.39 is 5.82 Å². The molecule has 0 saturated heterocycles. The number of hydrogen-bond donors (Lipinski definition) is 2. The normalized spacial score (nSPS) is 10.2. The standard InChI is InChI=1S/C21H16FN3O/c22-16-6-8-18(15(10-16)12-23)19-9-7-17(24)11-20(19)21(26)25-13-14-4-2-1-3-5-14/h1-11H,13,24H2,(H,25,26). The Bertz CT molecular complexity index is 994. The van der Waals surface area contributed by atoms with Crippen molar-refractivity contribution in [1.82, 2.24) is 5.32 Å². The highest BCUT2D eigenvalue weighted by atomic mass is 19.1. The van der Waals surface area contributed by atoms with Crippen molar-refractivity contribution < 1.29 is 9.18 Å². The van der Waals surface area contributed by atoms with Crippen LogP contribution in [0.15, 0.2) is 66.7 Å². The second-order valence-corrected chi connectivity index (χ2v) is 5.78. The van der Waals surface area contributed by atoms with Gasteiger partial charge in [-0.15, -0.1) is 0 Å². The van der Waals surface area contributed by atoms with Gasteiger partial charge in [-0.1, -0.05) is 42.5 Å². The van der Waals surface area contributed by atoms with Crippen molar-refractivity contribution in [3.8, 4) is 17.2 Å². The third-order valence-electron chi connectivity index (χ3n) is 3.98. The molecule has 3 N–H and O–H groups in total. The monoisotopic (exact) mass is 345 g/mol. The van der Waals surface area contributed by atoms with E-state index >= 15 is 0 Å². The molecule has 26 heavy (non-hydrogen) atoms. The van der Waals surface area contributed by atoms with Crippen molar-refractivity contribution in [1.29, 1.82) is 5.26 Å². The summed E-state index contributed by atoms with van der Waals surface area (Å²) < 4.78 is 13.4. The zero-order valence-electron chi connectivity index (χ0n) is 13.9. The molecular weight excluding hydrogens is 329 g/mol. The number of nitrogens with zero attached hydrogens (tertiary/aromatic N) is 1. The van der Waals surface area contributed by atoms with Crippen LogP contribution in [-0.4, -0.2) is 5.91 Å². The molecule has 5 heteroatoms. The van der Waals surface area contributed by atoms with E-state index in [1.165, 1.54) is 12.1 Å². The lowest BCUT2D eigenvalue weighted by molar-refractivity contribution is 0.0951. The van der Waals surface area contributed by atoms with Crippen molar-refractivity contribution in [3.63, 3.8) is 0 Å². The van der Waals surface area contributed by atoms with E-state index in [1.807, 2.05) is 36.4 Å². The fourth-order valence-corrected chi connectivity index (χ4v) is 2.70. The fourth-order valence-electron chi connectivity index (χ4n) is 2.70. The minimum atomic E-state index is -0.504. The largest absolute Gasteiger partial charge is 0.399 e. The molecular formula is C21H16FN3O. The Balaban J connectivity index is 1.96. The van der Waals surface area contributed by atoms with Crippen molar-refractivity contribution >= 4 is 11.6 Å². The van der Waals surface area contributed by atoms with Gasteiger partial charge in [-0.3, -0.25) is 4.79 Å². The Morgan fingerprint density at radius 1 is 1.04 bits per heavy atom. The number of nitriles is 1. The van der Waals surface area contributed by atoms with Gasteiger partial charge in [0.05, 0.1) is 11.6 Å². The summed E-state index contributed by atoms with van der Waals surface area (Å²) in [6.45, 7) is 0.364. The summed E-state index contributed by atoms with van der Waals surface area (Å²) in [7, 11) is 0. The van der Waals surface area contributed by atoms with Gasteiger partial charge in [0.15, 0.2) is 0 Å². The predicted molar refractivity (Wildman–Crippen MR) is 98.6 cm³/mol. The molecule has 0 fully saturated rings. The van der Waals surface area contributed by atoms with Crippen LogP contribution >= 0.6 is 0 Å². The quantitative estimate of drug-likeness (QED) is 0.704. The van der Waals surface area contributed by atoms with Crippen LogP contribution in [0.3, 0.4) is 0 Å². The van der Waals surface area contributed by atoms with Gasteiger partial charge < -0.3 is 11.1 Å². The van der Waals surface area contributed by atoms with Crippen LogP contribution in [0.5, 0.6) is 0 Å². The number of nitrogen functional groups attached to an aromatic ring is 1. The average molecular weight is 345 g/mol. The first-order chi connectivity index (χ1) is 12.6. The highest BCUT2D eigenvalue weighted by Gasteiger charge is 2.16. The van der Waals surface area contributed by atoms with Gasteiger partial charge in [-0.25, -0.2) is 4.39 Å². The summed E-state index contributed by atoms with van der Waals surface area (Å²) in [5, 5.41) is 12.1. The van der Waals surface area contributed by atoms with E-state index in [-0.39, 0.29) is 11.5 Å². The fraction of sp³-hybridized carbons (Fsp3) is 0.0476. The molecule has 0 bridgehead atoms. The molecule has 0 spiro atoms. The summed E-state index contributed by atoms with van der Waals surface area (Å²) in [5.41, 5.74) is 8.74. The van der Waals surface area contributed by atoms with Gasteiger partial charge in [0, 0.05) is 23.4 Å². The summed E-state index contributed by atoms with van der Waals surface area (Å²) in [6, 6.07) is 20.3. The Morgan fingerprint density at radius 2 is 1.77 bits per heavy atom. The lowest BCUT2D eigenvalue weighted by Gasteiger charge is -2.13. The molecule has 0 aromatic heterocycles. The van der Waals surface area contributed by atoms with Crippen LogP contribution in [-0.2, 0) is 6.54 Å². The number of amides is 1. The molecule has 0 saturated carbocycles. The predicted octanol–water partition coefficient (Wildman–Crippen LogP) is 3.88. The van der Waals surface area contributed by atoms with Crippen molar-refractivity contribution in [2.45, 2.75) is 6.54 Å². The SMILES string of the molecule is N#Cc1cc(F)ccc1-c1ccc(N)cc1C(=O)NCc1ccccc1. The highest BCUT2D eigenvalue weighted by Crippen LogP contribution is 2.29. The number of nitrogens with one attached hydrogen (secondary N) is 1. The number of benzene rings is 3. The van der Waals surface area contributed by atoms with Gasteiger partial charge in [0.2, 0.25) is 0 Å². The minimum absolute atomic E-state index is 0.159. The summed E-state index contributed by atoms with van der Waals surface area (Å²) in [5.74, 6) is -0.819. The van der Waals surface area contributed by atoms with Crippen molar-refractivity contribution in [2.75, 3.05) is 5.73 Å². The number of carbonyl (C=O) groups is 1. The first kappa shape index (κ1) is 17.2. The molecule has 3 aromatic carbocycles. The third-order valence-corrected chi connectivity index (χ3v) is 3.98. The molecule has 0 heterocycles. The van der Waals surface area contributed by atoms with E-state index in [4.69, 9.17) is 5.73 Å². The lowest BCUT2D eigenvalue weighted by atomic mass is 9.94. The summed E-state index contributed by atoms with van der Waals surface area (Å²) in [4.78, 5) is 12.7. The van der Waals surface area contributed by atoms with Crippen molar-refractivity contribution in [2.24, 2.45) is 0 Å². The number of halogens is 1. The molecule has 0 unspecified atom stereocenters. The maximum absolute atomic E-state index is 13.4. The smallest absolute Gasteiger partial charge is 0.252 e. The summed E-state index contributed by atoms with van der Waals surface area (Å²) in [6.07, 6.45) is 0. The second kappa shape index (κ2) is 7.49. The van der Waals surface area contributed by atoms with Crippen LogP contribution in [0, 0.1) is 17.1 Å². The molecule has 0 aliphatic heterocycles. The molecule has 0 atom stereocenters. The first-order valence-electron chi connectivity index (χ1n) is 8.00. The van der Waals surface area contributed by atoms with Crippen LogP contribution < -0.4 is 11.1 Å². The highest BCUT2D eigenvalue weighted by molar-refractivity contribution is 6.02. The van der Waals surface area contributed by atoms with Crippen LogP contribution in [0.2, 0.25) is 0 Å². The Morgan fingerprint density at radius 3 is 2.50 bits per heavy atom. The third kappa shape index (κ3) is 3.70. The number of nitrogens with two attached hydrogens (primary N) is 1. The zero-order valence-corrected chi connectivity index (χ0v) is 13.9. The van der Waals surface area contributed by atoms with Crippen LogP contribution in [0.25, 0.3) is 11.1 Å². The van der Waals surface area contributed by atoms with Gasteiger partial charge in [0.1, 0.15) is 5.82 Å². The van der Waals surface area contributed by atoms with E-state index in [2.05, 4.69) is 5.32 Å². The maximum atomic E-state index is 13.4. The number of carbonyl (C=O) groups excluding carboxylic acids is 1. The molecule has 0 radical (unpaired) electrons. The average Bonchev–Trinajstić information content (AvgIpc) is 2.67. The van der Waals surface area contributed by atoms with E-state index in [9.17, 15) is 14.4 Å². The van der Waals surface area contributed by atoms with Crippen LogP contribution in [0.4, 0.5) is 10.1 Å². The van der Waals surface area contributed by atoms with Gasteiger partial charge in [0.25, 0.3) is 5.91 Å². The molecule has 1 amide bonds. The Labute approximate surface area is 150 Å². The minimum Gasteiger partial charge on any atom is -0.399 e. The Hall–Kier alpha value is -3.65. The zero-order chi connectivity index (χ0) is 18.5. The van der Waals surface area contributed by atoms with Gasteiger partial charge in [-0.05, 0) is 35.4 Å². The van der Waals surface area contributed by atoms with E-state index in [0.29, 0.717) is 28.9 Å². The second-order valence-electron chi connectivity index (χ2n) is 5.78. The maximum Gasteiger partial charge on any atom is 0.252 e. The van der Waals surface area contributed by atoms with Crippen LogP contribution in [0.1, 0.15) is 21.5 Å².